The van der Waals surface area contributed by atoms with E-state index in [1.165, 1.54) is 25.0 Å². The third-order valence-corrected chi connectivity index (χ3v) is 4.37. The first-order valence-electron chi connectivity index (χ1n) is 6.94. The summed E-state index contributed by atoms with van der Waals surface area (Å²) in [6.07, 6.45) is 3.52. The lowest BCUT2D eigenvalue weighted by molar-refractivity contribution is -0.384. The first kappa shape index (κ1) is 13.1. The van der Waals surface area contributed by atoms with Gasteiger partial charge in [-0.3, -0.25) is 14.9 Å². The first-order chi connectivity index (χ1) is 9.65. The van der Waals surface area contributed by atoms with Crippen LogP contribution in [0.1, 0.15) is 19.3 Å². The molecule has 1 aliphatic heterocycles. The molecule has 1 heterocycles. The van der Waals surface area contributed by atoms with Gasteiger partial charge in [0.2, 0.25) is 5.91 Å². The molecule has 1 saturated heterocycles. The number of nitro groups is 1. The molecular weight excluding hydrogens is 258 g/mol. The molecule has 106 valence electrons. The summed E-state index contributed by atoms with van der Waals surface area (Å²) in [4.78, 5) is 22.4. The number of hydrogen-bond acceptors (Lipinski definition) is 4. The molecule has 1 saturated carbocycles. The number of carbonyl (C=O) groups excluding carboxylic acids is 1. The summed E-state index contributed by atoms with van der Waals surface area (Å²) in [6, 6.07) is 5.80. The van der Waals surface area contributed by atoms with Gasteiger partial charge < -0.3 is 10.6 Å². The van der Waals surface area contributed by atoms with Gasteiger partial charge in [-0.1, -0.05) is 6.42 Å². The maximum Gasteiger partial charge on any atom is 0.269 e. The number of amides is 1. The van der Waals surface area contributed by atoms with E-state index in [1.54, 1.807) is 12.1 Å². The molecule has 3 rings (SSSR count). The predicted molar refractivity (Wildman–Crippen MR) is 74.3 cm³/mol. The molecule has 1 aromatic rings. The molecule has 0 radical (unpaired) electrons. The van der Waals surface area contributed by atoms with Crippen molar-refractivity contribution in [2.75, 3.05) is 11.9 Å². The quantitative estimate of drug-likeness (QED) is 0.652. The third-order valence-electron chi connectivity index (χ3n) is 4.37. The van der Waals surface area contributed by atoms with Gasteiger partial charge in [0.15, 0.2) is 0 Å². The van der Waals surface area contributed by atoms with Crippen LogP contribution in [0.3, 0.4) is 0 Å². The van der Waals surface area contributed by atoms with Crippen molar-refractivity contribution in [2.45, 2.75) is 25.3 Å². The van der Waals surface area contributed by atoms with Crippen LogP contribution in [0.15, 0.2) is 24.3 Å². The van der Waals surface area contributed by atoms with Crippen molar-refractivity contribution in [1.82, 2.24) is 5.32 Å². The van der Waals surface area contributed by atoms with Crippen molar-refractivity contribution in [3.8, 4) is 0 Å². The van der Waals surface area contributed by atoms with E-state index in [1.807, 2.05) is 0 Å². The minimum Gasteiger partial charge on any atom is -0.325 e. The molecule has 0 aromatic heterocycles. The lowest BCUT2D eigenvalue weighted by Crippen LogP contribution is -2.39. The smallest absolute Gasteiger partial charge is 0.269 e. The van der Waals surface area contributed by atoms with Gasteiger partial charge in [0.05, 0.1) is 11.0 Å². The SMILES string of the molecule is O=C(Nc1ccc([N+](=O)[O-])cc1)C1NCC2CCCC21. The number of carbonyl (C=O) groups is 1. The average molecular weight is 275 g/mol. The van der Waals surface area contributed by atoms with Crippen molar-refractivity contribution in [3.63, 3.8) is 0 Å². The van der Waals surface area contributed by atoms with E-state index in [-0.39, 0.29) is 17.6 Å². The Morgan fingerprint density at radius 3 is 2.75 bits per heavy atom. The molecule has 6 nitrogen and oxygen atoms in total. The molecule has 20 heavy (non-hydrogen) atoms. The van der Waals surface area contributed by atoms with Crippen LogP contribution in [-0.2, 0) is 4.79 Å². The lowest BCUT2D eigenvalue weighted by atomic mass is 9.93. The Bertz CT molecular complexity index is 529. The average Bonchev–Trinajstić information content (AvgIpc) is 3.01. The van der Waals surface area contributed by atoms with E-state index >= 15 is 0 Å². The van der Waals surface area contributed by atoms with Crippen LogP contribution in [0, 0.1) is 22.0 Å². The lowest BCUT2D eigenvalue weighted by Gasteiger charge is -2.17. The number of benzene rings is 1. The highest BCUT2D eigenvalue weighted by molar-refractivity contribution is 5.95. The second-order valence-corrected chi connectivity index (χ2v) is 5.53. The predicted octanol–water partition coefficient (Wildman–Crippen LogP) is 1.92. The fourth-order valence-corrected chi connectivity index (χ4v) is 3.36. The summed E-state index contributed by atoms with van der Waals surface area (Å²) in [6.45, 7) is 0.920. The fraction of sp³-hybridized carbons (Fsp3) is 0.500. The van der Waals surface area contributed by atoms with E-state index in [0.29, 0.717) is 17.5 Å². The Kier molecular flexibility index (Phi) is 3.40. The van der Waals surface area contributed by atoms with Crippen molar-refractivity contribution < 1.29 is 9.72 Å². The molecule has 3 unspecified atom stereocenters. The second kappa shape index (κ2) is 5.20. The zero-order chi connectivity index (χ0) is 14.1. The zero-order valence-electron chi connectivity index (χ0n) is 11.0. The van der Waals surface area contributed by atoms with Gasteiger partial charge >= 0.3 is 0 Å². The van der Waals surface area contributed by atoms with E-state index in [4.69, 9.17) is 0 Å². The number of nitrogens with one attached hydrogen (secondary N) is 2. The molecule has 0 spiro atoms. The van der Waals surface area contributed by atoms with Gasteiger partial charge in [0.25, 0.3) is 5.69 Å². The molecule has 3 atom stereocenters. The summed E-state index contributed by atoms with van der Waals surface area (Å²) in [5.41, 5.74) is 0.627. The number of anilines is 1. The molecule has 1 aliphatic carbocycles. The monoisotopic (exact) mass is 275 g/mol. The maximum absolute atomic E-state index is 12.3. The summed E-state index contributed by atoms with van der Waals surface area (Å²) < 4.78 is 0. The highest BCUT2D eigenvalue weighted by Crippen LogP contribution is 2.38. The number of hydrogen-bond donors (Lipinski definition) is 2. The molecule has 1 aromatic carbocycles. The maximum atomic E-state index is 12.3. The van der Waals surface area contributed by atoms with Crippen LogP contribution in [-0.4, -0.2) is 23.4 Å². The number of nitrogens with zero attached hydrogens (tertiary/aromatic N) is 1. The Morgan fingerprint density at radius 2 is 2.05 bits per heavy atom. The van der Waals surface area contributed by atoms with Crippen LogP contribution in [0.2, 0.25) is 0 Å². The highest BCUT2D eigenvalue weighted by atomic mass is 16.6. The number of rotatable bonds is 3. The Balaban J connectivity index is 1.65. The van der Waals surface area contributed by atoms with E-state index in [9.17, 15) is 14.9 Å². The number of non-ortho nitro benzene ring substituents is 1. The van der Waals surface area contributed by atoms with Crippen LogP contribution in [0.5, 0.6) is 0 Å². The van der Waals surface area contributed by atoms with E-state index < -0.39 is 4.92 Å². The summed E-state index contributed by atoms with van der Waals surface area (Å²) >= 11 is 0. The molecule has 2 fully saturated rings. The third kappa shape index (κ3) is 2.38. The van der Waals surface area contributed by atoms with E-state index in [2.05, 4.69) is 10.6 Å². The van der Waals surface area contributed by atoms with Gasteiger partial charge in [-0.2, -0.15) is 0 Å². The second-order valence-electron chi connectivity index (χ2n) is 5.53. The number of fused-ring (bicyclic) bond motifs is 1. The topological polar surface area (TPSA) is 84.3 Å². The highest BCUT2D eigenvalue weighted by Gasteiger charge is 2.42. The summed E-state index contributed by atoms with van der Waals surface area (Å²) in [5.74, 6) is 1.03. The Labute approximate surface area is 116 Å². The minimum absolute atomic E-state index is 0.0258. The summed E-state index contributed by atoms with van der Waals surface area (Å²) in [5, 5.41) is 16.7. The normalized spacial score (nSPS) is 28.1. The molecule has 6 heteroatoms. The van der Waals surface area contributed by atoms with Crippen LogP contribution < -0.4 is 10.6 Å². The van der Waals surface area contributed by atoms with Crippen molar-refractivity contribution in [3.05, 3.63) is 34.4 Å². The molecule has 2 N–H and O–H groups in total. The molecular formula is C14H17N3O3. The van der Waals surface area contributed by atoms with Gasteiger partial charge in [-0.05, 0) is 43.4 Å². The van der Waals surface area contributed by atoms with Gasteiger partial charge in [0, 0.05) is 17.8 Å². The standard InChI is InChI=1S/C14H17N3O3/c18-14(13-12-3-1-2-9(12)8-15-13)16-10-4-6-11(7-5-10)17(19)20/h4-7,9,12-13,15H,1-3,8H2,(H,16,18). The van der Waals surface area contributed by atoms with Crippen LogP contribution in [0.25, 0.3) is 0 Å². The minimum atomic E-state index is -0.451. The van der Waals surface area contributed by atoms with Crippen molar-refractivity contribution >= 4 is 17.3 Å². The van der Waals surface area contributed by atoms with Crippen molar-refractivity contribution in [1.29, 1.82) is 0 Å². The fourth-order valence-electron chi connectivity index (χ4n) is 3.36. The zero-order valence-corrected chi connectivity index (χ0v) is 11.0. The Morgan fingerprint density at radius 1 is 1.30 bits per heavy atom. The first-order valence-corrected chi connectivity index (χ1v) is 6.94. The molecule has 2 aliphatic rings. The molecule has 1 amide bonds. The summed E-state index contributed by atoms with van der Waals surface area (Å²) in [7, 11) is 0. The molecule has 0 bridgehead atoms. The van der Waals surface area contributed by atoms with Gasteiger partial charge in [-0.15, -0.1) is 0 Å². The van der Waals surface area contributed by atoms with Gasteiger partial charge in [-0.25, -0.2) is 0 Å². The van der Waals surface area contributed by atoms with Crippen molar-refractivity contribution in [2.24, 2.45) is 11.8 Å². The Hall–Kier alpha value is -1.95. The number of nitro benzene ring substituents is 1. The van der Waals surface area contributed by atoms with Crippen LogP contribution in [0.4, 0.5) is 11.4 Å². The van der Waals surface area contributed by atoms with Crippen LogP contribution >= 0.6 is 0 Å². The van der Waals surface area contributed by atoms with E-state index in [0.717, 1.165) is 13.0 Å². The largest absolute Gasteiger partial charge is 0.325 e. The van der Waals surface area contributed by atoms with Gasteiger partial charge in [0.1, 0.15) is 0 Å².